The summed E-state index contributed by atoms with van der Waals surface area (Å²) >= 11 is 3.37. The molecule has 2 aromatic rings. The van der Waals surface area contributed by atoms with Gasteiger partial charge < -0.3 is 14.8 Å². The predicted octanol–water partition coefficient (Wildman–Crippen LogP) is 3.81. The molecule has 7 nitrogen and oxygen atoms in total. The zero-order valence-corrected chi connectivity index (χ0v) is 19.3. The van der Waals surface area contributed by atoms with E-state index in [0.717, 1.165) is 14.3 Å². The predicted molar refractivity (Wildman–Crippen MR) is 116 cm³/mol. The van der Waals surface area contributed by atoms with E-state index in [2.05, 4.69) is 21.2 Å². The maximum Gasteiger partial charge on any atom is 0.243 e. The van der Waals surface area contributed by atoms with Crippen LogP contribution in [0.15, 0.2) is 45.8 Å². The lowest BCUT2D eigenvalue weighted by Gasteiger charge is -2.19. The second kappa shape index (κ2) is 10.1. The van der Waals surface area contributed by atoms with Crippen LogP contribution >= 0.6 is 15.9 Å². The third-order valence-corrected chi connectivity index (χ3v) is 6.34. The van der Waals surface area contributed by atoms with E-state index in [-0.39, 0.29) is 11.4 Å². The lowest BCUT2D eigenvalue weighted by molar-refractivity contribution is -0.116. The summed E-state index contributed by atoms with van der Waals surface area (Å²) in [4.78, 5) is 12.4. The van der Waals surface area contributed by atoms with Gasteiger partial charge in [-0.1, -0.05) is 15.9 Å². The Hall–Kier alpha value is -2.10. The Bertz CT molecular complexity index is 979. The van der Waals surface area contributed by atoms with Crippen LogP contribution in [0, 0.1) is 6.92 Å². The van der Waals surface area contributed by atoms with Crippen molar-refractivity contribution in [3.63, 3.8) is 0 Å². The van der Waals surface area contributed by atoms with Gasteiger partial charge in [-0.05, 0) is 56.7 Å². The number of nitrogens with zero attached hydrogens (tertiary/aromatic N) is 1. The highest BCUT2D eigenvalue weighted by Crippen LogP contribution is 2.31. The SMILES string of the molecule is CCOc1ccc(S(=O)(=O)N(C)CC(=O)Nc2ccc(Br)cc2C)cc1OCC. The molecule has 0 spiro atoms. The molecule has 0 bridgehead atoms. The van der Waals surface area contributed by atoms with Crippen molar-refractivity contribution in [2.45, 2.75) is 25.7 Å². The van der Waals surface area contributed by atoms with Crippen molar-refractivity contribution >= 4 is 37.5 Å². The Morgan fingerprint density at radius 3 is 2.34 bits per heavy atom. The molecule has 0 atom stereocenters. The van der Waals surface area contributed by atoms with Crippen LogP contribution in [0.5, 0.6) is 11.5 Å². The summed E-state index contributed by atoms with van der Waals surface area (Å²) < 4.78 is 38.7. The first-order valence-corrected chi connectivity index (χ1v) is 11.3. The van der Waals surface area contributed by atoms with Crippen LogP contribution in [0.2, 0.25) is 0 Å². The quantitative estimate of drug-likeness (QED) is 0.584. The molecule has 0 fully saturated rings. The van der Waals surface area contributed by atoms with Crippen molar-refractivity contribution < 1.29 is 22.7 Å². The summed E-state index contributed by atoms with van der Waals surface area (Å²) in [6, 6.07) is 9.84. The fourth-order valence-corrected chi connectivity index (χ4v) is 4.23. The second-order valence-corrected chi connectivity index (χ2v) is 9.20. The average Bonchev–Trinajstić information content (AvgIpc) is 2.65. The minimum absolute atomic E-state index is 0.0273. The number of rotatable bonds is 9. The van der Waals surface area contributed by atoms with Gasteiger partial charge in [0.2, 0.25) is 15.9 Å². The highest BCUT2D eigenvalue weighted by atomic mass is 79.9. The van der Waals surface area contributed by atoms with Crippen LogP contribution in [0.25, 0.3) is 0 Å². The Balaban J connectivity index is 2.17. The molecule has 0 aliphatic carbocycles. The maximum atomic E-state index is 12.9. The summed E-state index contributed by atoms with van der Waals surface area (Å²) in [5, 5.41) is 2.74. The molecular formula is C20H25BrN2O5S. The topological polar surface area (TPSA) is 84.9 Å². The molecule has 0 aliphatic rings. The third kappa shape index (κ3) is 5.94. The van der Waals surface area contributed by atoms with Gasteiger partial charge in [0, 0.05) is 23.3 Å². The van der Waals surface area contributed by atoms with Gasteiger partial charge in [0.1, 0.15) is 0 Å². The number of anilines is 1. The molecular weight excluding hydrogens is 460 g/mol. The van der Waals surface area contributed by atoms with E-state index in [1.165, 1.54) is 19.2 Å². The fraction of sp³-hybridized carbons (Fsp3) is 0.350. The van der Waals surface area contributed by atoms with E-state index in [1.54, 1.807) is 25.1 Å². The molecule has 158 valence electrons. The number of ether oxygens (including phenoxy) is 2. The number of halogens is 1. The van der Waals surface area contributed by atoms with Crippen molar-refractivity contribution in [3.05, 3.63) is 46.4 Å². The fourth-order valence-electron chi connectivity index (χ4n) is 2.62. The molecule has 0 saturated carbocycles. The highest BCUT2D eigenvalue weighted by Gasteiger charge is 2.24. The molecule has 29 heavy (non-hydrogen) atoms. The molecule has 0 heterocycles. The van der Waals surface area contributed by atoms with E-state index in [0.29, 0.717) is 30.4 Å². The molecule has 0 radical (unpaired) electrons. The Morgan fingerprint density at radius 1 is 1.07 bits per heavy atom. The van der Waals surface area contributed by atoms with Gasteiger partial charge in [-0.15, -0.1) is 0 Å². The van der Waals surface area contributed by atoms with Gasteiger partial charge in [0.25, 0.3) is 0 Å². The summed E-state index contributed by atoms with van der Waals surface area (Å²) in [5.74, 6) is 0.385. The van der Waals surface area contributed by atoms with Crippen molar-refractivity contribution in [2.75, 3.05) is 32.1 Å². The number of hydrogen-bond donors (Lipinski definition) is 1. The summed E-state index contributed by atoms with van der Waals surface area (Å²) in [6.45, 7) is 5.97. The minimum atomic E-state index is -3.89. The number of amides is 1. The first-order chi connectivity index (χ1) is 13.7. The van der Waals surface area contributed by atoms with Crippen molar-refractivity contribution in [1.29, 1.82) is 0 Å². The Morgan fingerprint density at radius 2 is 1.72 bits per heavy atom. The van der Waals surface area contributed by atoms with Crippen molar-refractivity contribution in [3.8, 4) is 11.5 Å². The third-order valence-electron chi connectivity index (χ3n) is 4.05. The number of hydrogen-bond acceptors (Lipinski definition) is 5. The summed E-state index contributed by atoms with van der Waals surface area (Å²) in [5.41, 5.74) is 1.50. The molecule has 2 aromatic carbocycles. The average molecular weight is 485 g/mol. The molecule has 2 rings (SSSR count). The van der Waals surface area contributed by atoms with Gasteiger partial charge in [0.15, 0.2) is 11.5 Å². The van der Waals surface area contributed by atoms with Gasteiger partial charge in [0.05, 0.1) is 24.7 Å². The first kappa shape index (κ1) is 23.2. The Kier molecular flexibility index (Phi) is 8.06. The molecule has 0 saturated heterocycles. The van der Waals surface area contributed by atoms with E-state index in [4.69, 9.17) is 9.47 Å². The van der Waals surface area contributed by atoms with Crippen molar-refractivity contribution in [2.24, 2.45) is 0 Å². The number of sulfonamides is 1. The second-order valence-electron chi connectivity index (χ2n) is 6.24. The highest BCUT2D eigenvalue weighted by molar-refractivity contribution is 9.10. The largest absolute Gasteiger partial charge is 0.490 e. The van der Waals surface area contributed by atoms with Gasteiger partial charge in [-0.3, -0.25) is 4.79 Å². The van der Waals surface area contributed by atoms with E-state index >= 15 is 0 Å². The van der Waals surface area contributed by atoms with Crippen LogP contribution in [0.3, 0.4) is 0 Å². The lowest BCUT2D eigenvalue weighted by atomic mass is 10.2. The minimum Gasteiger partial charge on any atom is -0.490 e. The van der Waals surface area contributed by atoms with Gasteiger partial charge in [-0.25, -0.2) is 8.42 Å². The van der Waals surface area contributed by atoms with Crippen molar-refractivity contribution in [1.82, 2.24) is 4.31 Å². The maximum absolute atomic E-state index is 12.9. The summed E-state index contributed by atoms with van der Waals surface area (Å²) in [7, 11) is -2.52. The number of aryl methyl sites for hydroxylation is 1. The van der Waals surface area contributed by atoms with Crippen LogP contribution in [-0.2, 0) is 14.8 Å². The zero-order valence-electron chi connectivity index (χ0n) is 16.9. The monoisotopic (exact) mass is 484 g/mol. The number of benzene rings is 2. The molecule has 9 heteroatoms. The first-order valence-electron chi connectivity index (χ1n) is 9.11. The van der Waals surface area contributed by atoms with Gasteiger partial charge >= 0.3 is 0 Å². The zero-order chi connectivity index (χ0) is 21.6. The van der Waals surface area contributed by atoms with E-state index in [9.17, 15) is 13.2 Å². The van der Waals surface area contributed by atoms with Crippen LogP contribution in [0.1, 0.15) is 19.4 Å². The number of nitrogens with one attached hydrogen (secondary N) is 1. The Labute approximate surface area is 180 Å². The standard InChI is InChI=1S/C20H25BrN2O5S/c1-5-27-18-10-8-16(12-19(18)28-6-2)29(25,26)23(4)13-20(24)22-17-9-7-15(21)11-14(17)3/h7-12H,5-6,13H2,1-4H3,(H,22,24). The molecule has 1 amide bonds. The normalized spacial score (nSPS) is 11.4. The number of carbonyl (C=O) groups excluding carboxylic acids is 1. The van der Waals surface area contributed by atoms with E-state index < -0.39 is 15.9 Å². The number of likely N-dealkylation sites (N-methyl/N-ethyl adjacent to an activating group) is 1. The van der Waals surface area contributed by atoms with Crippen LogP contribution in [-0.4, -0.2) is 45.4 Å². The molecule has 0 unspecified atom stereocenters. The summed E-state index contributed by atoms with van der Waals surface area (Å²) in [6.07, 6.45) is 0. The molecule has 0 aromatic heterocycles. The molecule has 1 N–H and O–H groups in total. The van der Waals surface area contributed by atoms with Crippen LogP contribution < -0.4 is 14.8 Å². The van der Waals surface area contributed by atoms with Gasteiger partial charge in [-0.2, -0.15) is 4.31 Å². The van der Waals surface area contributed by atoms with E-state index in [1.807, 2.05) is 19.9 Å². The smallest absolute Gasteiger partial charge is 0.243 e. The van der Waals surface area contributed by atoms with Crippen LogP contribution in [0.4, 0.5) is 5.69 Å². The number of carbonyl (C=O) groups is 1. The lowest BCUT2D eigenvalue weighted by Crippen LogP contribution is -2.35. The molecule has 0 aliphatic heterocycles.